The Morgan fingerprint density at radius 3 is 2.39 bits per heavy atom. The number of morpholine rings is 1. The highest BCUT2D eigenvalue weighted by Gasteiger charge is 2.29. The molecule has 1 aliphatic rings. The third-order valence-electron chi connectivity index (χ3n) is 5.79. The minimum atomic E-state index is -0.0868. The van der Waals surface area contributed by atoms with Gasteiger partial charge in [-0.05, 0) is 32.0 Å². The Morgan fingerprint density at radius 2 is 1.67 bits per heavy atom. The summed E-state index contributed by atoms with van der Waals surface area (Å²) in [4.78, 5) is 20.4. The number of carbonyl (C=O) groups excluding carboxylic acids is 1. The van der Waals surface area contributed by atoms with Crippen LogP contribution in [0.3, 0.4) is 0 Å². The normalized spacial score (nSPS) is 18.5. The summed E-state index contributed by atoms with van der Waals surface area (Å²) < 4.78 is 12.9. The van der Waals surface area contributed by atoms with E-state index in [1.807, 2.05) is 85.5 Å². The largest absolute Gasteiger partial charge is 0.497 e. The second kappa shape index (κ2) is 8.67. The molecule has 0 radical (unpaired) electrons. The molecule has 0 bridgehead atoms. The van der Waals surface area contributed by atoms with Gasteiger partial charge in [-0.3, -0.25) is 4.79 Å². The van der Waals surface area contributed by atoms with Crippen LogP contribution in [0, 0.1) is 0 Å². The fourth-order valence-corrected chi connectivity index (χ4v) is 4.31. The second-order valence-electron chi connectivity index (χ2n) is 8.39. The van der Waals surface area contributed by atoms with Crippen LogP contribution in [0.25, 0.3) is 28.2 Å². The quantitative estimate of drug-likeness (QED) is 0.471. The van der Waals surface area contributed by atoms with Crippen molar-refractivity contribution >= 4 is 11.6 Å². The van der Waals surface area contributed by atoms with E-state index >= 15 is 0 Å². The molecule has 0 saturated carbocycles. The first-order valence-corrected chi connectivity index (χ1v) is 11.1. The summed E-state index contributed by atoms with van der Waals surface area (Å²) in [6.07, 6.45) is -0.0456. The van der Waals surface area contributed by atoms with E-state index in [9.17, 15) is 4.79 Å². The summed E-state index contributed by atoms with van der Waals surface area (Å²) in [5.74, 6) is 0.646. The average molecular weight is 443 g/mol. The lowest BCUT2D eigenvalue weighted by molar-refractivity contribution is -0.0588. The molecule has 1 saturated heterocycles. The number of carbonyl (C=O) groups is 1. The lowest BCUT2D eigenvalue weighted by Crippen LogP contribution is -2.48. The zero-order valence-electron chi connectivity index (χ0n) is 18.9. The maximum absolute atomic E-state index is 13.7. The Hall–Kier alpha value is -3.71. The molecule has 2 aromatic carbocycles. The average Bonchev–Trinajstić information content (AvgIpc) is 3.27. The van der Waals surface area contributed by atoms with E-state index in [1.54, 1.807) is 11.6 Å². The second-order valence-corrected chi connectivity index (χ2v) is 8.39. The van der Waals surface area contributed by atoms with E-state index in [0.717, 1.165) is 22.6 Å². The standard InChI is InChI=1S/C26H26N4O3/c1-17-15-29(16-18(2)33-17)26(31)24-13-22(20-10-7-11-21(12-20)32-3)27-25-14-23(28-30(24)25)19-8-5-4-6-9-19/h4-14,17-18H,15-16H2,1-3H3. The Morgan fingerprint density at radius 1 is 0.939 bits per heavy atom. The smallest absolute Gasteiger partial charge is 0.272 e. The number of rotatable bonds is 4. The number of nitrogens with zero attached hydrogens (tertiary/aromatic N) is 4. The van der Waals surface area contributed by atoms with E-state index in [0.29, 0.717) is 30.1 Å². The van der Waals surface area contributed by atoms with Crippen LogP contribution in [0.5, 0.6) is 5.75 Å². The summed E-state index contributed by atoms with van der Waals surface area (Å²) in [6.45, 7) is 5.05. The lowest BCUT2D eigenvalue weighted by atomic mass is 10.1. The molecule has 0 N–H and O–H groups in total. The molecule has 7 heteroatoms. The van der Waals surface area contributed by atoms with Gasteiger partial charge in [-0.1, -0.05) is 42.5 Å². The first-order valence-electron chi connectivity index (χ1n) is 11.1. The molecule has 1 aliphatic heterocycles. The monoisotopic (exact) mass is 442 g/mol. The van der Waals surface area contributed by atoms with Gasteiger partial charge < -0.3 is 14.4 Å². The van der Waals surface area contributed by atoms with Crippen LogP contribution in [0.2, 0.25) is 0 Å². The maximum Gasteiger partial charge on any atom is 0.272 e. The highest BCUT2D eigenvalue weighted by atomic mass is 16.5. The number of methoxy groups -OCH3 is 1. The fraction of sp³-hybridized carbons (Fsp3) is 0.269. The Labute approximate surface area is 192 Å². The van der Waals surface area contributed by atoms with Crippen molar-refractivity contribution in [2.75, 3.05) is 20.2 Å². The van der Waals surface area contributed by atoms with Crippen molar-refractivity contribution in [1.29, 1.82) is 0 Å². The molecule has 5 rings (SSSR count). The lowest BCUT2D eigenvalue weighted by Gasteiger charge is -2.35. The number of benzene rings is 2. The number of fused-ring (bicyclic) bond motifs is 1. The van der Waals surface area contributed by atoms with Gasteiger partial charge in [0.05, 0.1) is 30.7 Å². The van der Waals surface area contributed by atoms with Crippen LogP contribution in [-0.4, -0.2) is 57.8 Å². The van der Waals surface area contributed by atoms with Gasteiger partial charge in [0, 0.05) is 30.3 Å². The van der Waals surface area contributed by atoms with E-state index in [-0.39, 0.29) is 18.1 Å². The minimum Gasteiger partial charge on any atom is -0.497 e. The van der Waals surface area contributed by atoms with Gasteiger partial charge >= 0.3 is 0 Å². The molecule has 0 aliphatic carbocycles. The molecule has 1 amide bonds. The summed E-state index contributed by atoms with van der Waals surface area (Å²) in [5, 5.41) is 4.76. The van der Waals surface area contributed by atoms with Gasteiger partial charge in [0.15, 0.2) is 5.65 Å². The number of amides is 1. The van der Waals surface area contributed by atoms with Crippen molar-refractivity contribution in [2.45, 2.75) is 26.1 Å². The van der Waals surface area contributed by atoms with Crippen LogP contribution in [0.1, 0.15) is 24.3 Å². The number of hydrogen-bond acceptors (Lipinski definition) is 5. The Bertz CT molecular complexity index is 1290. The minimum absolute atomic E-state index is 0.0228. The predicted molar refractivity (Wildman–Crippen MR) is 126 cm³/mol. The molecule has 33 heavy (non-hydrogen) atoms. The summed E-state index contributed by atoms with van der Waals surface area (Å²) in [6, 6.07) is 21.3. The molecular formula is C26H26N4O3. The van der Waals surface area contributed by atoms with Gasteiger partial charge in [-0.15, -0.1) is 0 Å². The molecule has 0 spiro atoms. The molecular weight excluding hydrogens is 416 g/mol. The van der Waals surface area contributed by atoms with Crippen LogP contribution < -0.4 is 4.74 Å². The van der Waals surface area contributed by atoms with Crippen molar-refractivity contribution in [3.63, 3.8) is 0 Å². The van der Waals surface area contributed by atoms with Crippen molar-refractivity contribution in [1.82, 2.24) is 19.5 Å². The van der Waals surface area contributed by atoms with Gasteiger partial charge in [0.1, 0.15) is 11.4 Å². The third kappa shape index (κ3) is 4.19. The first-order chi connectivity index (χ1) is 16.0. The zero-order chi connectivity index (χ0) is 22.9. The molecule has 3 heterocycles. The van der Waals surface area contributed by atoms with Crippen LogP contribution >= 0.6 is 0 Å². The van der Waals surface area contributed by atoms with E-state index in [4.69, 9.17) is 19.6 Å². The predicted octanol–water partition coefficient (Wildman–Crippen LogP) is 4.32. The SMILES string of the molecule is COc1cccc(-c2cc(C(=O)N3CC(C)OC(C)C3)n3nc(-c4ccccc4)cc3n2)c1. The first kappa shape index (κ1) is 21.2. The van der Waals surface area contributed by atoms with Gasteiger partial charge in [0.25, 0.3) is 5.91 Å². The molecule has 1 fully saturated rings. The molecule has 2 atom stereocenters. The van der Waals surface area contributed by atoms with E-state index in [1.165, 1.54) is 0 Å². The van der Waals surface area contributed by atoms with Gasteiger partial charge in [-0.25, -0.2) is 9.50 Å². The molecule has 7 nitrogen and oxygen atoms in total. The van der Waals surface area contributed by atoms with Crippen molar-refractivity contribution < 1.29 is 14.3 Å². The molecule has 4 aromatic rings. The number of ether oxygens (including phenoxy) is 2. The van der Waals surface area contributed by atoms with E-state index < -0.39 is 0 Å². The van der Waals surface area contributed by atoms with Gasteiger partial charge in [0.2, 0.25) is 0 Å². The number of aromatic nitrogens is 3. The zero-order valence-corrected chi connectivity index (χ0v) is 18.9. The fourth-order valence-electron chi connectivity index (χ4n) is 4.31. The highest BCUT2D eigenvalue weighted by Crippen LogP contribution is 2.27. The molecule has 2 unspecified atom stereocenters. The third-order valence-corrected chi connectivity index (χ3v) is 5.79. The summed E-state index contributed by atoms with van der Waals surface area (Å²) in [7, 11) is 1.63. The molecule has 2 aromatic heterocycles. The summed E-state index contributed by atoms with van der Waals surface area (Å²) in [5.41, 5.74) is 4.39. The number of hydrogen-bond donors (Lipinski definition) is 0. The molecule has 168 valence electrons. The maximum atomic E-state index is 13.7. The Kier molecular flexibility index (Phi) is 5.56. The van der Waals surface area contributed by atoms with Crippen molar-refractivity contribution in [3.05, 3.63) is 72.4 Å². The highest BCUT2D eigenvalue weighted by molar-refractivity contribution is 5.94. The Balaban J connectivity index is 1.66. The van der Waals surface area contributed by atoms with Crippen LogP contribution in [0.4, 0.5) is 0 Å². The van der Waals surface area contributed by atoms with Crippen LogP contribution in [-0.2, 0) is 4.74 Å². The van der Waals surface area contributed by atoms with Crippen LogP contribution in [0.15, 0.2) is 66.7 Å². The van der Waals surface area contributed by atoms with Crippen molar-refractivity contribution in [3.8, 4) is 28.3 Å². The topological polar surface area (TPSA) is 69.0 Å². The van der Waals surface area contributed by atoms with E-state index in [2.05, 4.69) is 0 Å². The van der Waals surface area contributed by atoms with Crippen molar-refractivity contribution in [2.24, 2.45) is 0 Å². The van der Waals surface area contributed by atoms with Gasteiger partial charge in [-0.2, -0.15) is 5.10 Å². The summed E-state index contributed by atoms with van der Waals surface area (Å²) >= 11 is 0.